The molecule has 0 fully saturated rings. The van der Waals surface area contributed by atoms with Crippen molar-refractivity contribution in [2.45, 2.75) is 39.5 Å². The fraction of sp³-hybridized carbons (Fsp3) is 0.462. The average molecular weight is 234 g/mol. The highest BCUT2D eigenvalue weighted by molar-refractivity contribution is 6.05. The van der Waals surface area contributed by atoms with Gasteiger partial charge in [-0.2, -0.15) is 0 Å². The monoisotopic (exact) mass is 234 g/mol. The number of aliphatic hydroxyl groups is 1. The molecule has 1 aliphatic heterocycles. The van der Waals surface area contributed by atoms with Crippen LogP contribution in [0.5, 0.6) is 0 Å². The Labute approximate surface area is 101 Å². The van der Waals surface area contributed by atoms with Crippen LogP contribution in [0.3, 0.4) is 0 Å². The van der Waals surface area contributed by atoms with Crippen LogP contribution in [0.15, 0.2) is 18.2 Å². The number of fused-ring (bicyclic) bond motifs is 1. The minimum Gasteiger partial charge on any atom is -0.392 e. The lowest BCUT2D eigenvalue weighted by Gasteiger charge is -2.37. The van der Waals surface area contributed by atoms with E-state index in [2.05, 4.69) is 5.32 Å². The molecule has 1 heterocycles. The number of aliphatic hydroxyl groups excluding tert-OH is 1. The van der Waals surface area contributed by atoms with E-state index in [0.29, 0.717) is 0 Å². The summed E-state index contributed by atoms with van der Waals surface area (Å²) in [6, 6.07) is 5.53. The molecule has 92 valence electrons. The summed E-state index contributed by atoms with van der Waals surface area (Å²) in [4.78, 5) is 13.9. The molecule has 0 saturated carbocycles. The molecule has 0 aromatic heterocycles. The first kappa shape index (κ1) is 11.9. The Morgan fingerprint density at radius 1 is 1.47 bits per heavy atom. The number of hydrogen-bond donors (Lipinski definition) is 2. The van der Waals surface area contributed by atoms with Gasteiger partial charge in [0.2, 0.25) is 5.91 Å². The van der Waals surface area contributed by atoms with E-state index in [1.807, 2.05) is 39.0 Å². The highest BCUT2D eigenvalue weighted by Gasteiger charge is 2.32. The summed E-state index contributed by atoms with van der Waals surface area (Å²) >= 11 is 0. The Bertz CT molecular complexity index is 443. The maximum absolute atomic E-state index is 12.2. The normalized spacial score (nSPS) is 19.2. The van der Waals surface area contributed by atoms with Gasteiger partial charge in [0, 0.05) is 11.6 Å². The van der Waals surface area contributed by atoms with Crippen molar-refractivity contribution in [1.29, 1.82) is 0 Å². The lowest BCUT2D eigenvalue weighted by Crippen LogP contribution is -2.49. The largest absolute Gasteiger partial charge is 0.392 e. The van der Waals surface area contributed by atoms with Gasteiger partial charge in [-0.05, 0) is 26.8 Å². The first-order valence-corrected chi connectivity index (χ1v) is 5.88. The van der Waals surface area contributed by atoms with Crippen LogP contribution in [0, 0.1) is 0 Å². The number of benzene rings is 1. The topological polar surface area (TPSA) is 52.6 Å². The van der Waals surface area contributed by atoms with E-state index in [1.165, 1.54) is 0 Å². The van der Waals surface area contributed by atoms with Crippen LogP contribution in [-0.4, -0.2) is 23.1 Å². The second kappa shape index (κ2) is 4.37. The Morgan fingerprint density at radius 3 is 2.76 bits per heavy atom. The Kier molecular flexibility index (Phi) is 3.07. The predicted molar refractivity (Wildman–Crippen MR) is 68.1 cm³/mol. The van der Waals surface area contributed by atoms with Crippen LogP contribution in [0.1, 0.15) is 26.3 Å². The number of nitrogens with zero attached hydrogens (tertiary/aromatic N) is 1. The van der Waals surface area contributed by atoms with E-state index in [1.54, 1.807) is 4.90 Å². The van der Waals surface area contributed by atoms with Crippen molar-refractivity contribution in [2.75, 3.05) is 10.2 Å². The first-order valence-electron chi connectivity index (χ1n) is 5.88. The molecule has 0 saturated heterocycles. The van der Waals surface area contributed by atoms with Gasteiger partial charge in [-0.25, -0.2) is 0 Å². The summed E-state index contributed by atoms with van der Waals surface area (Å²) in [6.07, 6.45) is 0. The second-order valence-electron chi connectivity index (χ2n) is 4.64. The van der Waals surface area contributed by atoms with Crippen molar-refractivity contribution in [1.82, 2.24) is 0 Å². The molecule has 0 radical (unpaired) electrons. The third-order valence-corrected chi connectivity index (χ3v) is 3.03. The highest BCUT2D eigenvalue weighted by Crippen LogP contribution is 2.36. The van der Waals surface area contributed by atoms with E-state index in [-0.39, 0.29) is 24.6 Å². The Balaban J connectivity index is 2.59. The van der Waals surface area contributed by atoms with E-state index in [0.717, 1.165) is 16.9 Å². The molecule has 4 nitrogen and oxygen atoms in total. The summed E-state index contributed by atoms with van der Waals surface area (Å²) in [5.74, 6) is 0.0494. The molecule has 2 rings (SSSR count). The minimum atomic E-state index is -0.223. The number of para-hydroxylation sites is 1. The summed E-state index contributed by atoms with van der Waals surface area (Å²) in [7, 11) is 0. The van der Waals surface area contributed by atoms with Crippen molar-refractivity contribution in [2.24, 2.45) is 0 Å². The number of carbonyl (C=O) groups is 1. The van der Waals surface area contributed by atoms with Gasteiger partial charge in [-0.3, -0.25) is 4.79 Å². The summed E-state index contributed by atoms with van der Waals surface area (Å²) in [6.45, 7) is 5.75. The molecule has 2 N–H and O–H groups in total. The van der Waals surface area contributed by atoms with Crippen LogP contribution >= 0.6 is 0 Å². The van der Waals surface area contributed by atoms with Crippen molar-refractivity contribution >= 4 is 17.3 Å². The SMILES string of the molecule is CC1Nc2cccc(CO)c2N(C(C)C)C1=O. The van der Waals surface area contributed by atoms with Gasteiger partial charge < -0.3 is 15.3 Å². The standard InChI is InChI=1S/C13H18N2O2/c1-8(2)15-12-10(7-16)5-4-6-11(12)14-9(3)13(15)17/h4-6,8-9,14,16H,7H2,1-3H3. The van der Waals surface area contributed by atoms with Crippen molar-refractivity contribution < 1.29 is 9.90 Å². The molecule has 1 atom stereocenters. The number of rotatable bonds is 2. The van der Waals surface area contributed by atoms with Crippen molar-refractivity contribution in [3.8, 4) is 0 Å². The molecule has 1 aromatic rings. The number of carbonyl (C=O) groups excluding carboxylic acids is 1. The maximum Gasteiger partial charge on any atom is 0.249 e. The molecule has 1 unspecified atom stereocenters. The minimum absolute atomic E-state index is 0.0494. The van der Waals surface area contributed by atoms with Gasteiger partial charge in [-0.15, -0.1) is 0 Å². The van der Waals surface area contributed by atoms with Crippen LogP contribution in [0.2, 0.25) is 0 Å². The molecular weight excluding hydrogens is 216 g/mol. The first-order chi connectivity index (χ1) is 8.06. The zero-order valence-corrected chi connectivity index (χ0v) is 10.4. The number of hydrogen-bond acceptors (Lipinski definition) is 3. The van der Waals surface area contributed by atoms with Crippen molar-refractivity contribution in [3.05, 3.63) is 23.8 Å². The van der Waals surface area contributed by atoms with E-state index < -0.39 is 0 Å². The molecule has 4 heteroatoms. The molecule has 1 aliphatic rings. The third-order valence-electron chi connectivity index (χ3n) is 3.03. The van der Waals surface area contributed by atoms with Gasteiger partial charge in [0.1, 0.15) is 6.04 Å². The van der Waals surface area contributed by atoms with Gasteiger partial charge in [-0.1, -0.05) is 12.1 Å². The van der Waals surface area contributed by atoms with Crippen LogP contribution in [-0.2, 0) is 11.4 Å². The lowest BCUT2D eigenvalue weighted by atomic mass is 10.0. The fourth-order valence-corrected chi connectivity index (χ4v) is 2.25. The summed E-state index contributed by atoms with van der Waals surface area (Å²) in [5.41, 5.74) is 2.51. The zero-order chi connectivity index (χ0) is 12.6. The van der Waals surface area contributed by atoms with Crippen molar-refractivity contribution in [3.63, 3.8) is 0 Å². The number of nitrogens with one attached hydrogen (secondary N) is 1. The fourth-order valence-electron chi connectivity index (χ4n) is 2.25. The molecular formula is C13H18N2O2. The third kappa shape index (κ3) is 1.89. The van der Waals surface area contributed by atoms with E-state index >= 15 is 0 Å². The summed E-state index contributed by atoms with van der Waals surface area (Å²) < 4.78 is 0. The molecule has 17 heavy (non-hydrogen) atoms. The van der Waals surface area contributed by atoms with Gasteiger partial charge in [0.15, 0.2) is 0 Å². The molecule has 0 bridgehead atoms. The maximum atomic E-state index is 12.2. The molecule has 1 amide bonds. The van der Waals surface area contributed by atoms with Crippen LogP contribution < -0.4 is 10.2 Å². The van der Waals surface area contributed by atoms with E-state index in [9.17, 15) is 9.90 Å². The van der Waals surface area contributed by atoms with Gasteiger partial charge in [0.25, 0.3) is 0 Å². The second-order valence-corrected chi connectivity index (χ2v) is 4.64. The van der Waals surface area contributed by atoms with Gasteiger partial charge >= 0.3 is 0 Å². The zero-order valence-electron chi connectivity index (χ0n) is 10.4. The molecule has 0 aliphatic carbocycles. The molecule has 1 aromatic carbocycles. The van der Waals surface area contributed by atoms with Crippen LogP contribution in [0.25, 0.3) is 0 Å². The lowest BCUT2D eigenvalue weighted by molar-refractivity contribution is -0.119. The highest BCUT2D eigenvalue weighted by atomic mass is 16.3. The smallest absolute Gasteiger partial charge is 0.249 e. The van der Waals surface area contributed by atoms with Gasteiger partial charge in [0.05, 0.1) is 18.0 Å². The van der Waals surface area contributed by atoms with E-state index in [4.69, 9.17) is 0 Å². The average Bonchev–Trinajstić information content (AvgIpc) is 2.29. The number of anilines is 2. The summed E-state index contributed by atoms with van der Waals surface area (Å²) in [5, 5.41) is 12.5. The van der Waals surface area contributed by atoms with Crippen LogP contribution in [0.4, 0.5) is 11.4 Å². The quantitative estimate of drug-likeness (QED) is 0.819. The molecule has 0 spiro atoms. The Hall–Kier alpha value is -1.55. The number of amides is 1. The predicted octanol–water partition coefficient (Wildman–Crippen LogP) is 1.73. The Morgan fingerprint density at radius 2 is 2.18 bits per heavy atom.